The van der Waals surface area contributed by atoms with Gasteiger partial charge >= 0.3 is 11.9 Å². The number of carboxylic acid groups (broad SMARTS) is 1. The zero-order chi connectivity index (χ0) is 13.6. The van der Waals surface area contributed by atoms with Gasteiger partial charge in [-0.25, -0.2) is 0 Å². The Bertz CT molecular complexity index is 305. The molecule has 1 aliphatic carbocycles. The maximum Gasteiger partial charge on any atom is 0.324 e. The lowest BCUT2D eigenvalue weighted by Crippen LogP contribution is -2.60. The first-order valence-corrected chi connectivity index (χ1v) is 6.67. The van der Waals surface area contributed by atoms with Crippen molar-refractivity contribution in [2.45, 2.75) is 51.0 Å². The molecule has 0 amide bonds. The number of aliphatic carboxylic acids is 1. The van der Waals surface area contributed by atoms with E-state index in [0.29, 0.717) is 19.4 Å². The summed E-state index contributed by atoms with van der Waals surface area (Å²) >= 11 is 0. The van der Waals surface area contributed by atoms with E-state index in [0.717, 1.165) is 25.7 Å². The van der Waals surface area contributed by atoms with E-state index in [9.17, 15) is 14.7 Å². The van der Waals surface area contributed by atoms with E-state index in [1.165, 1.54) is 0 Å². The van der Waals surface area contributed by atoms with Crippen LogP contribution in [0.3, 0.4) is 0 Å². The van der Waals surface area contributed by atoms with Gasteiger partial charge in [-0.2, -0.15) is 0 Å². The van der Waals surface area contributed by atoms with Crippen molar-refractivity contribution >= 4 is 11.9 Å². The standard InChI is InChI=1S/C13H23NO4/c1-3-4-9-18-11(15)10-7-5-6-8-13(10,14-2)12(16)17/h10,14H,3-9H2,1-2H3,(H,16,17). The Morgan fingerprint density at radius 2 is 2.17 bits per heavy atom. The van der Waals surface area contributed by atoms with E-state index in [-0.39, 0.29) is 5.97 Å². The molecule has 0 saturated heterocycles. The van der Waals surface area contributed by atoms with E-state index < -0.39 is 17.4 Å². The summed E-state index contributed by atoms with van der Waals surface area (Å²) in [5.41, 5.74) is -1.15. The molecule has 0 radical (unpaired) electrons. The van der Waals surface area contributed by atoms with E-state index in [2.05, 4.69) is 5.32 Å². The second kappa shape index (κ2) is 6.73. The first kappa shape index (κ1) is 15.0. The smallest absolute Gasteiger partial charge is 0.324 e. The Balaban J connectivity index is 2.75. The molecule has 5 nitrogen and oxygen atoms in total. The van der Waals surface area contributed by atoms with Gasteiger partial charge in [0, 0.05) is 0 Å². The van der Waals surface area contributed by atoms with Crippen LogP contribution in [0.15, 0.2) is 0 Å². The fourth-order valence-corrected chi connectivity index (χ4v) is 2.57. The quantitative estimate of drug-likeness (QED) is 0.558. The molecule has 0 bridgehead atoms. The molecule has 1 aliphatic rings. The predicted octanol–water partition coefficient (Wildman–Crippen LogP) is 1.56. The third-order valence-electron chi connectivity index (χ3n) is 3.76. The van der Waals surface area contributed by atoms with E-state index >= 15 is 0 Å². The first-order chi connectivity index (χ1) is 8.58. The fraction of sp³-hybridized carbons (Fsp3) is 0.846. The normalized spacial score (nSPS) is 27.8. The molecule has 2 atom stereocenters. The number of rotatable bonds is 6. The summed E-state index contributed by atoms with van der Waals surface area (Å²) < 4.78 is 5.19. The maximum atomic E-state index is 12.0. The van der Waals surface area contributed by atoms with Crippen LogP contribution in [-0.4, -0.2) is 36.2 Å². The van der Waals surface area contributed by atoms with E-state index in [1.54, 1.807) is 7.05 Å². The molecule has 0 spiro atoms. The number of unbranched alkanes of at least 4 members (excludes halogenated alkanes) is 1. The maximum absolute atomic E-state index is 12.0. The number of esters is 1. The van der Waals surface area contributed by atoms with Crippen molar-refractivity contribution in [2.75, 3.05) is 13.7 Å². The predicted molar refractivity (Wildman–Crippen MR) is 67.3 cm³/mol. The van der Waals surface area contributed by atoms with Crippen molar-refractivity contribution in [3.05, 3.63) is 0 Å². The summed E-state index contributed by atoms with van der Waals surface area (Å²) in [6.07, 6.45) is 4.53. The minimum Gasteiger partial charge on any atom is -0.480 e. The van der Waals surface area contributed by atoms with Gasteiger partial charge in [-0.15, -0.1) is 0 Å². The Labute approximate surface area is 108 Å². The van der Waals surface area contributed by atoms with Gasteiger partial charge in [0.25, 0.3) is 0 Å². The summed E-state index contributed by atoms with van der Waals surface area (Å²) in [5.74, 6) is -1.91. The van der Waals surface area contributed by atoms with Crippen LogP contribution in [0.5, 0.6) is 0 Å². The zero-order valence-corrected chi connectivity index (χ0v) is 11.2. The van der Waals surface area contributed by atoms with Crippen LogP contribution in [0.4, 0.5) is 0 Å². The van der Waals surface area contributed by atoms with Crippen LogP contribution < -0.4 is 5.32 Å². The fourth-order valence-electron chi connectivity index (χ4n) is 2.57. The van der Waals surface area contributed by atoms with Crippen LogP contribution >= 0.6 is 0 Å². The Kier molecular flexibility index (Phi) is 5.59. The summed E-state index contributed by atoms with van der Waals surface area (Å²) in [6, 6.07) is 0. The van der Waals surface area contributed by atoms with Crippen molar-refractivity contribution in [2.24, 2.45) is 5.92 Å². The molecule has 0 aliphatic heterocycles. The lowest BCUT2D eigenvalue weighted by Gasteiger charge is -2.38. The lowest BCUT2D eigenvalue weighted by molar-refractivity contribution is -0.163. The molecule has 1 saturated carbocycles. The number of carbonyl (C=O) groups is 2. The topological polar surface area (TPSA) is 75.6 Å². The van der Waals surface area contributed by atoms with Gasteiger partial charge in [0.05, 0.1) is 12.5 Å². The Hall–Kier alpha value is -1.10. The second-order valence-electron chi connectivity index (χ2n) is 4.85. The summed E-state index contributed by atoms with van der Waals surface area (Å²) in [7, 11) is 1.60. The van der Waals surface area contributed by atoms with Gasteiger partial charge in [-0.1, -0.05) is 26.2 Å². The lowest BCUT2D eigenvalue weighted by atomic mass is 9.72. The largest absolute Gasteiger partial charge is 0.480 e. The van der Waals surface area contributed by atoms with E-state index in [1.807, 2.05) is 6.92 Å². The van der Waals surface area contributed by atoms with Gasteiger partial charge in [0.2, 0.25) is 0 Å². The molecule has 1 fully saturated rings. The average Bonchev–Trinajstić information content (AvgIpc) is 2.38. The van der Waals surface area contributed by atoms with Gasteiger partial charge in [0.1, 0.15) is 5.54 Å². The van der Waals surface area contributed by atoms with Crippen LogP contribution in [0.1, 0.15) is 45.4 Å². The third kappa shape index (κ3) is 3.02. The molecule has 0 heterocycles. The molecule has 18 heavy (non-hydrogen) atoms. The summed E-state index contributed by atoms with van der Waals surface area (Å²) in [6.45, 7) is 2.40. The number of carbonyl (C=O) groups excluding carboxylic acids is 1. The molecule has 5 heteroatoms. The molecule has 0 aromatic heterocycles. The SMILES string of the molecule is CCCCOC(=O)C1CCCCC1(NC)C(=O)O. The summed E-state index contributed by atoms with van der Waals surface area (Å²) in [5, 5.41) is 12.2. The van der Waals surface area contributed by atoms with Crippen molar-refractivity contribution in [1.82, 2.24) is 5.32 Å². The summed E-state index contributed by atoms with van der Waals surface area (Å²) in [4.78, 5) is 23.5. The molecule has 0 aromatic carbocycles. The van der Waals surface area contributed by atoms with Crippen LogP contribution in [0.2, 0.25) is 0 Å². The minimum absolute atomic E-state index is 0.375. The highest BCUT2D eigenvalue weighted by Gasteiger charge is 2.50. The van der Waals surface area contributed by atoms with Crippen molar-refractivity contribution < 1.29 is 19.4 Å². The Morgan fingerprint density at radius 3 is 2.72 bits per heavy atom. The molecule has 2 N–H and O–H groups in total. The van der Waals surface area contributed by atoms with Gasteiger partial charge in [0.15, 0.2) is 0 Å². The highest BCUT2D eigenvalue weighted by molar-refractivity contribution is 5.87. The monoisotopic (exact) mass is 257 g/mol. The number of ether oxygens (including phenoxy) is 1. The highest BCUT2D eigenvalue weighted by atomic mass is 16.5. The number of likely N-dealkylation sites (N-methyl/N-ethyl adjacent to an activating group) is 1. The van der Waals surface area contributed by atoms with E-state index in [4.69, 9.17) is 4.74 Å². The van der Waals surface area contributed by atoms with Crippen molar-refractivity contribution in [1.29, 1.82) is 0 Å². The molecule has 104 valence electrons. The number of carboxylic acids is 1. The number of nitrogens with one attached hydrogen (secondary N) is 1. The number of hydrogen-bond acceptors (Lipinski definition) is 4. The Morgan fingerprint density at radius 1 is 1.44 bits per heavy atom. The van der Waals surface area contributed by atoms with Crippen molar-refractivity contribution in [3.8, 4) is 0 Å². The number of hydrogen-bond donors (Lipinski definition) is 2. The van der Waals surface area contributed by atoms with Gasteiger partial charge in [-0.3, -0.25) is 9.59 Å². The van der Waals surface area contributed by atoms with Gasteiger partial charge < -0.3 is 15.2 Å². The molecule has 0 aromatic rings. The average molecular weight is 257 g/mol. The molecule has 2 unspecified atom stereocenters. The zero-order valence-electron chi connectivity index (χ0n) is 11.2. The third-order valence-corrected chi connectivity index (χ3v) is 3.76. The highest BCUT2D eigenvalue weighted by Crippen LogP contribution is 2.35. The second-order valence-corrected chi connectivity index (χ2v) is 4.85. The molecule has 1 rings (SSSR count). The van der Waals surface area contributed by atoms with Crippen LogP contribution in [0, 0.1) is 5.92 Å². The van der Waals surface area contributed by atoms with Gasteiger partial charge in [-0.05, 0) is 26.3 Å². The van der Waals surface area contributed by atoms with Crippen LogP contribution in [0.25, 0.3) is 0 Å². The first-order valence-electron chi connectivity index (χ1n) is 6.67. The minimum atomic E-state index is -1.15. The molecular formula is C13H23NO4. The van der Waals surface area contributed by atoms with Crippen molar-refractivity contribution in [3.63, 3.8) is 0 Å². The van der Waals surface area contributed by atoms with Crippen LogP contribution in [-0.2, 0) is 14.3 Å². The molecular weight excluding hydrogens is 234 g/mol.